The molecule has 2 saturated heterocycles. The average Bonchev–Trinajstić information content (AvgIpc) is 3.12. The maximum absolute atomic E-state index is 13.9. The Bertz CT molecular complexity index is 563. The summed E-state index contributed by atoms with van der Waals surface area (Å²) in [5.74, 6) is 0.000562. The maximum Gasteiger partial charge on any atom is 0.239 e. The van der Waals surface area contributed by atoms with Gasteiger partial charge in [0.05, 0.1) is 6.04 Å². The van der Waals surface area contributed by atoms with E-state index in [9.17, 15) is 9.18 Å². The van der Waals surface area contributed by atoms with Gasteiger partial charge in [-0.05, 0) is 31.9 Å². The van der Waals surface area contributed by atoms with Crippen LogP contribution in [-0.2, 0) is 11.3 Å². The number of piperazine rings is 1. The van der Waals surface area contributed by atoms with Crippen LogP contribution >= 0.6 is 11.6 Å². The van der Waals surface area contributed by atoms with Gasteiger partial charge in [-0.15, -0.1) is 0 Å². The highest BCUT2D eigenvalue weighted by atomic mass is 35.5. The molecule has 0 bridgehead atoms. The number of halogens is 2. The van der Waals surface area contributed by atoms with Gasteiger partial charge in [0.25, 0.3) is 0 Å². The molecule has 1 aromatic carbocycles. The van der Waals surface area contributed by atoms with Crippen molar-refractivity contribution in [3.8, 4) is 0 Å². The van der Waals surface area contributed by atoms with Crippen molar-refractivity contribution in [3.05, 3.63) is 34.6 Å². The Morgan fingerprint density at radius 1 is 1.17 bits per heavy atom. The summed E-state index contributed by atoms with van der Waals surface area (Å²) in [5, 5.41) is 0.481. The standard InChI is InChI=1S/C18H25ClFN3O/c1-14(18(24)23-7-2-3-8-23)22-11-9-21(10-12-22)13-15-16(19)5-4-6-17(15)20/h4-6,14H,2-3,7-13H2,1H3. The molecular formula is C18H25ClFN3O. The van der Waals surface area contributed by atoms with E-state index in [1.54, 1.807) is 12.1 Å². The second kappa shape index (κ2) is 7.81. The van der Waals surface area contributed by atoms with Gasteiger partial charge in [0.2, 0.25) is 5.91 Å². The SMILES string of the molecule is CC(C(=O)N1CCCC1)N1CCN(Cc2c(F)cccc2Cl)CC1. The molecule has 1 atom stereocenters. The molecule has 2 heterocycles. The molecule has 2 aliphatic heterocycles. The predicted molar refractivity (Wildman–Crippen MR) is 93.5 cm³/mol. The van der Waals surface area contributed by atoms with E-state index in [1.807, 2.05) is 11.8 Å². The monoisotopic (exact) mass is 353 g/mol. The highest BCUT2D eigenvalue weighted by Gasteiger charge is 2.30. The molecule has 0 aliphatic carbocycles. The third-order valence-corrected chi connectivity index (χ3v) is 5.53. The Balaban J connectivity index is 1.53. The number of benzene rings is 1. The van der Waals surface area contributed by atoms with Gasteiger partial charge in [-0.1, -0.05) is 17.7 Å². The van der Waals surface area contributed by atoms with Crippen molar-refractivity contribution in [2.24, 2.45) is 0 Å². The molecule has 0 radical (unpaired) electrons. The van der Waals surface area contributed by atoms with E-state index in [0.717, 1.165) is 52.1 Å². The van der Waals surface area contributed by atoms with E-state index in [4.69, 9.17) is 11.6 Å². The number of hydrogen-bond donors (Lipinski definition) is 0. The van der Waals surface area contributed by atoms with E-state index in [1.165, 1.54) is 6.07 Å². The van der Waals surface area contributed by atoms with Crippen LogP contribution in [0.5, 0.6) is 0 Å². The molecule has 4 nitrogen and oxygen atoms in total. The first kappa shape index (κ1) is 17.6. The number of hydrogen-bond acceptors (Lipinski definition) is 3. The number of amides is 1. The zero-order valence-electron chi connectivity index (χ0n) is 14.2. The van der Waals surface area contributed by atoms with Crippen molar-refractivity contribution >= 4 is 17.5 Å². The molecule has 3 rings (SSSR count). The number of likely N-dealkylation sites (tertiary alicyclic amines) is 1. The van der Waals surface area contributed by atoms with Gasteiger partial charge < -0.3 is 4.90 Å². The van der Waals surface area contributed by atoms with Crippen LogP contribution < -0.4 is 0 Å². The molecule has 24 heavy (non-hydrogen) atoms. The third-order valence-electron chi connectivity index (χ3n) is 5.17. The van der Waals surface area contributed by atoms with E-state index < -0.39 is 0 Å². The molecule has 0 aromatic heterocycles. The molecule has 6 heteroatoms. The summed E-state index contributed by atoms with van der Waals surface area (Å²) < 4.78 is 13.9. The summed E-state index contributed by atoms with van der Waals surface area (Å²) in [5.41, 5.74) is 0.564. The van der Waals surface area contributed by atoms with Crippen LogP contribution in [0.2, 0.25) is 5.02 Å². The lowest BCUT2D eigenvalue weighted by Crippen LogP contribution is -2.54. The average molecular weight is 354 g/mol. The minimum Gasteiger partial charge on any atom is -0.341 e. The minimum atomic E-state index is -0.248. The van der Waals surface area contributed by atoms with Gasteiger partial charge in [-0.3, -0.25) is 14.6 Å². The van der Waals surface area contributed by atoms with Crippen LogP contribution in [0.1, 0.15) is 25.3 Å². The Morgan fingerprint density at radius 2 is 1.83 bits per heavy atom. The van der Waals surface area contributed by atoms with Crippen LogP contribution in [0.3, 0.4) is 0 Å². The van der Waals surface area contributed by atoms with Crippen molar-refractivity contribution in [2.75, 3.05) is 39.3 Å². The van der Waals surface area contributed by atoms with Gasteiger partial charge in [0, 0.05) is 56.4 Å². The highest BCUT2D eigenvalue weighted by molar-refractivity contribution is 6.31. The smallest absolute Gasteiger partial charge is 0.239 e. The normalized spacial score (nSPS) is 21.2. The van der Waals surface area contributed by atoms with Crippen molar-refractivity contribution in [1.29, 1.82) is 0 Å². The third kappa shape index (κ3) is 3.90. The van der Waals surface area contributed by atoms with Gasteiger partial charge in [0.15, 0.2) is 0 Å². The molecule has 132 valence electrons. The summed E-state index contributed by atoms with van der Waals surface area (Å²) in [6.45, 7) is 7.62. The fourth-order valence-corrected chi connectivity index (χ4v) is 3.80. The van der Waals surface area contributed by atoms with Crippen LogP contribution in [0.25, 0.3) is 0 Å². The van der Waals surface area contributed by atoms with E-state index >= 15 is 0 Å². The second-order valence-corrected chi connectivity index (χ2v) is 7.13. The molecular weight excluding hydrogens is 329 g/mol. The maximum atomic E-state index is 13.9. The Morgan fingerprint density at radius 3 is 2.46 bits per heavy atom. The van der Waals surface area contributed by atoms with E-state index in [-0.39, 0.29) is 17.8 Å². The van der Waals surface area contributed by atoms with Crippen LogP contribution in [0, 0.1) is 5.82 Å². The van der Waals surface area contributed by atoms with Crippen LogP contribution in [-0.4, -0.2) is 65.9 Å². The number of carbonyl (C=O) groups is 1. The lowest BCUT2D eigenvalue weighted by atomic mass is 10.1. The molecule has 0 saturated carbocycles. The molecule has 2 fully saturated rings. The van der Waals surface area contributed by atoms with Crippen molar-refractivity contribution < 1.29 is 9.18 Å². The zero-order chi connectivity index (χ0) is 17.1. The van der Waals surface area contributed by atoms with Crippen molar-refractivity contribution in [3.63, 3.8) is 0 Å². The zero-order valence-corrected chi connectivity index (χ0v) is 14.9. The summed E-state index contributed by atoms with van der Waals surface area (Å²) >= 11 is 6.11. The quantitative estimate of drug-likeness (QED) is 0.832. The summed E-state index contributed by atoms with van der Waals surface area (Å²) in [6.07, 6.45) is 2.24. The molecule has 0 N–H and O–H groups in total. The summed E-state index contributed by atoms with van der Waals surface area (Å²) in [6, 6.07) is 4.74. The van der Waals surface area contributed by atoms with Gasteiger partial charge in [-0.2, -0.15) is 0 Å². The van der Waals surface area contributed by atoms with E-state index in [0.29, 0.717) is 17.1 Å². The Labute approximate surface area is 148 Å². The fraction of sp³-hybridized carbons (Fsp3) is 0.611. The van der Waals surface area contributed by atoms with Crippen molar-refractivity contribution in [2.45, 2.75) is 32.4 Å². The predicted octanol–water partition coefficient (Wildman–Crippen LogP) is 2.61. The Kier molecular flexibility index (Phi) is 5.74. The molecule has 1 aromatic rings. The molecule has 0 spiro atoms. The lowest BCUT2D eigenvalue weighted by molar-refractivity contribution is -0.136. The first-order valence-electron chi connectivity index (χ1n) is 8.74. The molecule has 2 aliphatic rings. The van der Waals surface area contributed by atoms with Crippen molar-refractivity contribution in [1.82, 2.24) is 14.7 Å². The largest absolute Gasteiger partial charge is 0.341 e. The second-order valence-electron chi connectivity index (χ2n) is 6.72. The minimum absolute atomic E-state index is 0.0673. The number of carbonyl (C=O) groups excluding carboxylic acids is 1. The van der Waals surface area contributed by atoms with Gasteiger partial charge in [0.1, 0.15) is 5.82 Å². The topological polar surface area (TPSA) is 26.8 Å². The Hall–Kier alpha value is -1.17. The first-order chi connectivity index (χ1) is 11.6. The molecule has 1 unspecified atom stereocenters. The lowest BCUT2D eigenvalue weighted by Gasteiger charge is -2.38. The summed E-state index contributed by atoms with van der Waals surface area (Å²) in [7, 11) is 0. The van der Waals surface area contributed by atoms with Gasteiger partial charge >= 0.3 is 0 Å². The summed E-state index contributed by atoms with van der Waals surface area (Å²) in [4.78, 5) is 18.9. The van der Waals surface area contributed by atoms with Gasteiger partial charge in [-0.25, -0.2) is 4.39 Å². The fourth-order valence-electron chi connectivity index (χ4n) is 3.57. The van der Waals surface area contributed by atoms with Crippen LogP contribution in [0.4, 0.5) is 4.39 Å². The van der Waals surface area contributed by atoms with Crippen LogP contribution in [0.15, 0.2) is 18.2 Å². The highest BCUT2D eigenvalue weighted by Crippen LogP contribution is 2.22. The van der Waals surface area contributed by atoms with E-state index in [2.05, 4.69) is 9.80 Å². The number of nitrogens with zero attached hydrogens (tertiary/aromatic N) is 3. The first-order valence-corrected chi connectivity index (χ1v) is 9.12. The molecule has 1 amide bonds. The number of rotatable bonds is 4.